The monoisotopic (exact) mass is 263 g/mol. The molecule has 0 aliphatic carbocycles. The van der Waals surface area contributed by atoms with E-state index < -0.39 is 0 Å². The molecular formula is C15H18ClNO. The molecule has 1 heterocycles. The Hall–Kier alpha value is -1.28. The van der Waals surface area contributed by atoms with E-state index in [0.29, 0.717) is 17.4 Å². The number of ketones is 1. The summed E-state index contributed by atoms with van der Waals surface area (Å²) in [5, 5.41) is 1.69. The van der Waals surface area contributed by atoms with Crippen LogP contribution in [0.15, 0.2) is 24.4 Å². The SMILES string of the molecule is CCC(C)CC(=O)c1cn(C)c2cc(Cl)ccc12. The zero-order valence-corrected chi connectivity index (χ0v) is 11.8. The minimum atomic E-state index is 0.220. The lowest BCUT2D eigenvalue weighted by Crippen LogP contribution is -2.04. The molecule has 96 valence electrons. The van der Waals surface area contributed by atoms with Gasteiger partial charge < -0.3 is 4.57 Å². The number of carbonyl (C=O) groups excluding carboxylic acids is 1. The van der Waals surface area contributed by atoms with Crippen molar-refractivity contribution < 1.29 is 4.79 Å². The number of rotatable bonds is 4. The maximum absolute atomic E-state index is 12.3. The molecule has 0 bridgehead atoms. The number of benzene rings is 1. The van der Waals surface area contributed by atoms with Crippen LogP contribution in [-0.2, 0) is 7.05 Å². The predicted octanol–water partition coefficient (Wildman–Crippen LogP) is 4.45. The zero-order chi connectivity index (χ0) is 13.3. The van der Waals surface area contributed by atoms with Gasteiger partial charge in [0.25, 0.3) is 0 Å². The molecule has 18 heavy (non-hydrogen) atoms. The van der Waals surface area contributed by atoms with E-state index in [4.69, 9.17) is 11.6 Å². The van der Waals surface area contributed by atoms with Crippen LogP contribution in [0, 0.1) is 5.92 Å². The van der Waals surface area contributed by atoms with Crippen LogP contribution in [0.25, 0.3) is 10.9 Å². The zero-order valence-electron chi connectivity index (χ0n) is 11.0. The quantitative estimate of drug-likeness (QED) is 0.747. The lowest BCUT2D eigenvalue weighted by atomic mass is 9.97. The summed E-state index contributed by atoms with van der Waals surface area (Å²) in [7, 11) is 1.94. The van der Waals surface area contributed by atoms with E-state index in [-0.39, 0.29) is 5.78 Å². The second-order valence-electron chi connectivity index (χ2n) is 4.96. The second-order valence-corrected chi connectivity index (χ2v) is 5.39. The average Bonchev–Trinajstić information content (AvgIpc) is 2.66. The number of hydrogen-bond acceptors (Lipinski definition) is 1. The fourth-order valence-corrected chi connectivity index (χ4v) is 2.32. The Labute approximate surface area is 113 Å². The summed E-state index contributed by atoms with van der Waals surface area (Å²) in [5.74, 6) is 0.650. The number of nitrogens with zero attached hydrogens (tertiary/aromatic N) is 1. The van der Waals surface area contributed by atoms with Crippen LogP contribution in [0.4, 0.5) is 0 Å². The third kappa shape index (κ3) is 2.44. The Morgan fingerprint density at radius 1 is 1.44 bits per heavy atom. The highest BCUT2D eigenvalue weighted by Gasteiger charge is 2.16. The lowest BCUT2D eigenvalue weighted by Gasteiger charge is -2.06. The van der Waals surface area contributed by atoms with Crippen molar-refractivity contribution in [2.45, 2.75) is 26.7 Å². The van der Waals surface area contributed by atoms with Crippen molar-refractivity contribution in [1.29, 1.82) is 0 Å². The van der Waals surface area contributed by atoms with Crippen molar-refractivity contribution in [1.82, 2.24) is 4.57 Å². The Bertz CT molecular complexity index is 585. The Morgan fingerprint density at radius 2 is 2.17 bits per heavy atom. The summed E-state index contributed by atoms with van der Waals surface area (Å²) < 4.78 is 1.96. The van der Waals surface area contributed by atoms with Crippen LogP contribution < -0.4 is 0 Å². The summed E-state index contributed by atoms with van der Waals surface area (Å²) in [4.78, 5) is 12.3. The Kier molecular flexibility index (Phi) is 3.76. The van der Waals surface area contributed by atoms with Gasteiger partial charge >= 0.3 is 0 Å². The molecule has 2 nitrogen and oxygen atoms in total. The molecule has 0 aliphatic heterocycles. The van der Waals surface area contributed by atoms with Crippen molar-refractivity contribution in [3.63, 3.8) is 0 Å². The third-order valence-electron chi connectivity index (χ3n) is 3.48. The highest BCUT2D eigenvalue weighted by molar-refractivity contribution is 6.31. The number of hydrogen-bond donors (Lipinski definition) is 0. The highest BCUT2D eigenvalue weighted by Crippen LogP contribution is 2.26. The topological polar surface area (TPSA) is 22.0 Å². The summed E-state index contributed by atoms with van der Waals surface area (Å²) in [6.07, 6.45) is 3.55. The summed E-state index contributed by atoms with van der Waals surface area (Å²) in [6.45, 7) is 4.22. The number of fused-ring (bicyclic) bond motifs is 1. The molecule has 0 N–H and O–H groups in total. The molecule has 1 aromatic carbocycles. The van der Waals surface area contributed by atoms with Gasteiger partial charge in [0.05, 0.1) is 0 Å². The van der Waals surface area contributed by atoms with Crippen molar-refractivity contribution >= 4 is 28.3 Å². The van der Waals surface area contributed by atoms with Crippen molar-refractivity contribution in [3.8, 4) is 0 Å². The molecule has 0 radical (unpaired) electrons. The number of halogens is 1. The molecule has 0 fully saturated rings. The molecule has 2 rings (SSSR count). The minimum absolute atomic E-state index is 0.220. The maximum Gasteiger partial charge on any atom is 0.165 e. The molecule has 1 atom stereocenters. The second kappa shape index (κ2) is 5.15. The van der Waals surface area contributed by atoms with E-state index in [1.54, 1.807) is 0 Å². The van der Waals surface area contributed by atoms with Gasteiger partial charge in [-0.3, -0.25) is 4.79 Å². The van der Waals surface area contributed by atoms with Crippen molar-refractivity contribution in [2.75, 3.05) is 0 Å². The van der Waals surface area contributed by atoms with Gasteiger partial charge in [0.15, 0.2) is 5.78 Å². The molecule has 0 amide bonds. The van der Waals surface area contributed by atoms with E-state index in [0.717, 1.165) is 22.9 Å². The number of carbonyl (C=O) groups is 1. The standard InChI is InChI=1S/C15H18ClNO/c1-4-10(2)7-15(18)13-9-17(3)14-8-11(16)5-6-12(13)14/h5-6,8-10H,4,7H2,1-3H3. The largest absolute Gasteiger partial charge is 0.350 e. The van der Waals surface area contributed by atoms with Gasteiger partial charge in [0.1, 0.15) is 0 Å². The summed E-state index contributed by atoms with van der Waals surface area (Å²) in [6, 6.07) is 5.67. The summed E-state index contributed by atoms with van der Waals surface area (Å²) >= 11 is 5.99. The van der Waals surface area contributed by atoms with Gasteiger partial charge in [-0.15, -0.1) is 0 Å². The van der Waals surface area contributed by atoms with Crippen LogP contribution in [0.5, 0.6) is 0 Å². The van der Waals surface area contributed by atoms with Gasteiger partial charge in [-0.25, -0.2) is 0 Å². The van der Waals surface area contributed by atoms with Gasteiger partial charge in [-0.1, -0.05) is 37.9 Å². The smallest absolute Gasteiger partial charge is 0.165 e. The van der Waals surface area contributed by atoms with Gasteiger partial charge in [0.2, 0.25) is 0 Å². The molecule has 0 saturated carbocycles. The van der Waals surface area contributed by atoms with E-state index in [1.165, 1.54) is 0 Å². The van der Waals surface area contributed by atoms with E-state index in [9.17, 15) is 4.79 Å². The lowest BCUT2D eigenvalue weighted by molar-refractivity contribution is 0.0965. The third-order valence-corrected chi connectivity index (χ3v) is 3.72. The molecule has 1 unspecified atom stereocenters. The Balaban J connectivity index is 2.43. The molecule has 0 spiro atoms. The van der Waals surface area contributed by atoms with Gasteiger partial charge in [0, 0.05) is 41.2 Å². The fourth-order valence-electron chi connectivity index (χ4n) is 2.15. The van der Waals surface area contributed by atoms with E-state index in [2.05, 4.69) is 13.8 Å². The highest BCUT2D eigenvalue weighted by atomic mass is 35.5. The first kappa shape index (κ1) is 13.2. The average molecular weight is 264 g/mol. The summed E-state index contributed by atoms with van der Waals surface area (Å²) in [5.41, 5.74) is 1.82. The normalized spacial score (nSPS) is 12.9. The Morgan fingerprint density at radius 3 is 2.83 bits per heavy atom. The molecular weight excluding hydrogens is 246 g/mol. The molecule has 3 heteroatoms. The molecule has 0 saturated heterocycles. The van der Waals surface area contributed by atoms with Crippen LogP contribution in [0.3, 0.4) is 0 Å². The number of aromatic nitrogens is 1. The first-order valence-electron chi connectivity index (χ1n) is 6.30. The van der Waals surface area contributed by atoms with Gasteiger partial charge in [-0.05, 0) is 18.1 Å². The fraction of sp³-hybridized carbons (Fsp3) is 0.400. The molecule has 1 aromatic heterocycles. The van der Waals surface area contributed by atoms with Crippen LogP contribution in [0.2, 0.25) is 5.02 Å². The van der Waals surface area contributed by atoms with Crippen LogP contribution in [-0.4, -0.2) is 10.4 Å². The van der Waals surface area contributed by atoms with Gasteiger partial charge in [-0.2, -0.15) is 0 Å². The first-order valence-corrected chi connectivity index (χ1v) is 6.68. The minimum Gasteiger partial charge on any atom is -0.350 e. The maximum atomic E-state index is 12.3. The predicted molar refractivity (Wildman–Crippen MR) is 76.3 cm³/mol. The number of Topliss-reactive ketones (excluding diaryl/α,β-unsaturated/α-hetero) is 1. The number of aryl methyl sites for hydroxylation is 1. The van der Waals surface area contributed by atoms with Crippen LogP contribution in [0.1, 0.15) is 37.0 Å². The van der Waals surface area contributed by atoms with E-state index in [1.807, 2.05) is 36.0 Å². The van der Waals surface area contributed by atoms with Crippen molar-refractivity contribution in [3.05, 3.63) is 35.0 Å². The van der Waals surface area contributed by atoms with Crippen molar-refractivity contribution in [2.24, 2.45) is 13.0 Å². The van der Waals surface area contributed by atoms with E-state index >= 15 is 0 Å². The molecule has 0 aliphatic rings. The first-order chi connectivity index (χ1) is 8.52. The molecule has 2 aromatic rings. The van der Waals surface area contributed by atoms with Crippen LogP contribution >= 0.6 is 11.6 Å².